The lowest BCUT2D eigenvalue weighted by Gasteiger charge is -2.25. The summed E-state index contributed by atoms with van der Waals surface area (Å²) in [4.78, 5) is 12.9. The van der Waals surface area contributed by atoms with Crippen LogP contribution in [0.4, 0.5) is 0 Å². The van der Waals surface area contributed by atoms with Crippen LogP contribution in [0.5, 0.6) is 0 Å². The van der Waals surface area contributed by atoms with Crippen molar-refractivity contribution < 1.29 is 9.53 Å². The monoisotopic (exact) mass is 458 g/mol. The van der Waals surface area contributed by atoms with Crippen LogP contribution in [0, 0.1) is 11.3 Å². The van der Waals surface area contributed by atoms with E-state index in [2.05, 4.69) is 26.0 Å². The second-order valence-corrected chi connectivity index (χ2v) is 10.8. The van der Waals surface area contributed by atoms with E-state index >= 15 is 0 Å². The van der Waals surface area contributed by atoms with Crippen molar-refractivity contribution in [2.75, 3.05) is 6.61 Å². The number of hydrogen-bond acceptors (Lipinski definition) is 2. The number of carbonyl (C=O) groups excluding carboxylic acids is 1. The average molecular weight is 459 g/mol. The summed E-state index contributed by atoms with van der Waals surface area (Å²) in [6.45, 7) is 9.18. The Hall–Kier alpha value is -1.31. The molecule has 190 valence electrons. The van der Waals surface area contributed by atoms with Gasteiger partial charge in [-0.2, -0.15) is 0 Å². The maximum Gasteiger partial charge on any atom is 0.311 e. The van der Waals surface area contributed by atoms with Crippen molar-refractivity contribution in [1.29, 1.82) is 0 Å². The highest BCUT2D eigenvalue weighted by Crippen LogP contribution is 2.26. The van der Waals surface area contributed by atoms with E-state index in [1.54, 1.807) is 0 Å². The molecule has 1 aromatic carbocycles. The molecule has 0 aromatic heterocycles. The van der Waals surface area contributed by atoms with Gasteiger partial charge in [-0.25, -0.2) is 0 Å². The Morgan fingerprint density at radius 3 is 1.67 bits per heavy atom. The van der Waals surface area contributed by atoms with Crippen LogP contribution < -0.4 is 0 Å². The van der Waals surface area contributed by atoms with E-state index in [9.17, 15) is 4.79 Å². The minimum atomic E-state index is -0.482. The van der Waals surface area contributed by atoms with Gasteiger partial charge in [0.05, 0.1) is 12.0 Å². The van der Waals surface area contributed by atoms with Gasteiger partial charge in [0.15, 0.2) is 0 Å². The Morgan fingerprint density at radius 2 is 1.18 bits per heavy atom. The molecule has 0 saturated heterocycles. The van der Waals surface area contributed by atoms with E-state index in [0.717, 1.165) is 6.42 Å². The second kappa shape index (κ2) is 19.0. The Balaban J connectivity index is 2.41. The van der Waals surface area contributed by atoms with Crippen LogP contribution in [-0.4, -0.2) is 12.6 Å². The first-order valence-corrected chi connectivity index (χ1v) is 14.2. The van der Waals surface area contributed by atoms with Crippen molar-refractivity contribution in [2.24, 2.45) is 11.3 Å². The van der Waals surface area contributed by atoms with E-state index in [0.29, 0.717) is 12.5 Å². The van der Waals surface area contributed by atoms with Crippen molar-refractivity contribution in [3.63, 3.8) is 0 Å². The molecule has 0 aliphatic heterocycles. The summed E-state index contributed by atoms with van der Waals surface area (Å²) in [6.07, 6.45) is 21.9. The van der Waals surface area contributed by atoms with E-state index in [4.69, 9.17) is 4.74 Å². The van der Waals surface area contributed by atoms with E-state index < -0.39 is 5.41 Å². The smallest absolute Gasteiger partial charge is 0.311 e. The highest BCUT2D eigenvalue weighted by atomic mass is 16.5. The van der Waals surface area contributed by atoms with E-state index in [-0.39, 0.29) is 5.97 Å². The first kappa shape index (κ1) is 29.7. The zero-order valence-corrected chi connectivity index (χ0v) is 22.5. The van der Waals surface area contributed by atoms with Crippen molar-refractivity contribution >= 4 is 5.97 Å². The largest absolute Gasteiger partial charge is 0.465 e. The van der Waals surface area contributed by atoms with Gasteiger partial charge in [-0.3, -0.25) is 4.79 Å². The van der Waals surface area contributed by atoms with Crippen LogP contribution in [0.25, 0.3) is 0 Å². The summed E-state index contributed by atoms with van der Waals surface area (Å²) < 4.78 is 5.92. The van der Waals surface area contributed by atoms with Gasteiger partial charge in [0.25, 0.3) is 0 Å². The summed E-state index contributed by atoms with van der Waals surface area (Å²) in [5.74, 6) is 0.475. The molecule has 0 bridgehead atoms. The number of hydrogen-bond donors (Lipinski definition) is 0. The quantitative estimate of drug-likeness (QED) is 0.135. The SMILES string of the molecule is CCCCCCCCCCC(CCCCCCCC)COC(=O)C(C)(C)Cc1ccccc1. The molecular formula is C31H54O2. The third-order valence-electron chi connectivity index (χ3n) is 6.92. The second-order valence-electron chi connectivity index (χ2n) is 10.8. The fourth-order valence-corrected chi connectivity index (χ4v) is 4.66. The van der Waals surface area contributed by atoms with Gasteiger partial charge in [0.2, 0.25) is 0 Å². The first-order chi connectivity index (χ1) is 16.0. The molecule has 0 N–H and O–H groups in total. The van der Waals surface area contributed by atoms with Crippen molar-refractivity contribution in [3.8, 4) is 0 Å². The molecular weight excluding hydrogens is 404 g/mol. The lowest BCUT2D eigenvalue weighted by molar-refractivity contribution is -0.155. The summed E-state index contributed by atoms with van der Waals surface area (Å²) in [5, 5.41) is 0. The molecule has 0 aliphatic carbocycles. The van der Waals surface area contributed by atoms with Gasteiger partial charge in [-0.15, -0.1) is 0 Å². The lowest BCUT2D eigenvalue weighted by atomic mass is 9.86. The van der Waals surface area contributed by atoms with Gasteiger partial charge in [-0.05, 0) is 44.6 Å². The van der Waals surface area contributed by atoms with Crippen LogP contribution in [0.3, 0.4) is 0 Å². The Kier molecular flexibility index (Phi) is 17.2. The summed E-state index contributed by atoms with van der Waals surface area (Å²) >= 11 is 0. The number of ether oxygens (including phenoxy) is 1. The molecule has 0 aliphatic rings. The summed E-state index contributed by atoms with van der Waals surface area (Å²) in [6, 6.07) is 10.3. The number of unbranched alkanes of at least 4 members (excludes halogenated alkanes) is 12. The molecule has 1 atom stereocenters. The maximum absolute atomic E-state index is 12.9. The summed E-state index contributed by atoms with van der Waals surface area (Å²) in [7, 11) is 0. The Morgan fingerprint density at radius 1 is 0.727 bits per heavy atom. The third kappa shape index (κ3) is 15.3. The average Bonchev–Trinajstić information content (AvgIpc) is 2.80. The third-order valence-corrected chi connectivity index (χ3v) is 6.92. The molecule has 1 unspecified atom stereocenters. The molecule has 0 saturated carbocycles. The number of benzene rings is 1. The summed E-state index contributed by atoms with van der Waals surface area (Å²) in [5.41, 5.74) is 0.715. The fraction of sp³-hybridized carbons (Fsp3) is 0.774. The van der Waals surface area contributed by atoms with Gasteiger partial charge in [0, 0.05) is 0 Å². The standard InChI is InChI=1S/C31H54O2/c1-5-7-9-11-13-14-16-19-25-29(24-18-15-12-10-8-6-2)27-33-30(32)31(3,4)26-28-22-20-17-21-23-28/h17,20-23,29H,5-16,18-19,24-27H2,1-4H3. The van der Waals surface area contributed by atoms with Crippen LogP contribution in [0.15, 0.2) is 30.3 Å². The van der Waals surface area contributed by atoms with E-state index in [1.165, 1.54) is 108 Å². The first-order valence-electron chi connectivity index (χ1n) is 14.2. The van der Waals surface area contributed by atoms with E-state index in [1.807, 2.05) is 32.0 Å². The maximum atomic E-state index is 12.9. The number of esters is 1. The topological polar surface area (TPSA) is 26.3 Å². The Bertz CT molecular complexity index is 578. The number of carbonyl (C=O) groups is 1. The van der Waals surface area contributed by atoms with Gasteiger partial charge < -0.3 is 4.74 Å². The number of rotatable bonds is 21. The molecule has 2 heteroatoms. The van der Waals surface area contributed by atoms with Crippen LogP contribution in [0.2, 0.25) is 0 Å². The minimum absolute atomic E-state index is 0.0461. The van der Waals surface area contributed by atoms with Crippen LogP contribution in [-0.2, 0) is 16.0 Å². The zero-order valence-electron chi connectivity index (χ0n) is 22.5. The molecule has 1 aromatic rings. The van der Waals surface area contributed by atoms with Crippen molar-refractivity contribution in [2.45, 2.75) is 137 Å². The minimum Gasteiger partial charge on any atom is -0.465 e. The predicted molar refractivity (Wildman–Crippen MR) is 144 cm³/mol. The van der Waals surface area contributed by atoms with Crippen molar-refractivity contribution in [1.82, 2.24) is 0 Å². The fourth-order valence-electron chi connectivity index (χ4n) is 4.66. The van der Waals surface area contributed by atoms with Crippen LogP contribution >= 0.6 is 0 Å². The highest BCUT2D eigenvalue weighted by Gasteiger charge is 2.30. The van der Waals surface area contributed by atoms with Crippen LogP contribution in [0.1, 0.15) is 136 Å². The molecule has 0 spiro atoms. The van der Waals surface area contributed by atoms with Crippen molar-refractivity contribution in [3.05, 3.63) is 35.9 Å². The van der Waals surface area contributed by atoms with Gasteiger partial charge in [-0.1, -0.05) is 134 Å². The molecule has 2 nitrogen and oxygen atoms in total. The molecule has 0 heterocycles. The van der Waals surface area contributed by atoms with Gasteiger partial charge in [0.1, 0.15) is 0 Å². The molecule has 0 amide bonds. The predicted octanol–water partition coefficient (Wildman–Crippen LogP) is 9.70. The molecule has 1 rings (SSSR count). The molecule has 0 radical (unpaired) electrons. The highest BCUT2D eigenvalue weighted by molar-refractivity contribution is 5.76. The lowest BCUT2D eigenvalue weighted by Crippen LogP contribution is -2.30. The molecule has 0 fully saturated rings. The normalized spacial score (nSPS) is 12.6. The zero-order chi connectivity index (χ0) is 24.2. The van der Waals surface area contributed by atoms with Gasteiger partial charge >= 0.3 is 5.97 Å². The Labute approximate surface area is 206 Å². The molecule has 33 heavy (non-hydrogen) atoms.